The molecule has 0 aliphatic heterocycles. The number of thiophene rings is 1. The highest BCUT2D eigenvalue weighted by Crippen LogP contribution is 2.56. The zero-order valence-corrected chi connectivity index (χ0v) is 13.2. The van der Waals surface area contributed by atoms with Crippen LogP contribution in [0.25, 0.3) is 10.1 Å². The lowest BCUT2D eigenvalue weighted by Gasteiger charge is -2.31. The first-order valence-corrected chi connectivity index (χ1v) is 8.78. The number of benzene rings is 1. The molecule has 2 saturated carbocycles. The summed E-state index contributed by atoms with van der Waals surface area (Å²) in [5.41, 5.74) is 3.05. The summed E-state index contributed by atoms with van der Waals surface area (Å²) in [5.74, 6) is 3.56. The standard InChI is InChI=1S/C18H23NS/c1-11-10-20-17-6-5-14(8-15(11)17)18-13-4-3-12(7-13)16(18)9-19-2/h5-6,8,10,12-13,16,18-19H,3-4,7,9H2,1-2H3. The van der Waals surface area contributed by atoms with Crippen LogP contribution >= 0.6 is 11.3 Å². The van der Waals surface area contributed by atoms with Crippen molar-refractivity contribution < 1.29 is 0 Å². The third kappa shape index (κ3) is 1.85. The molecule has 0 radical (unpaired) electrons. The van der Waals surface area contributed by atoms with Gasteiger partial charge in [-0.25, -0.2) is 0 Å². The Morgan fingerprint density at radius 3 is 2.95 bits per heavy atom. The van der Waals surface area contributed by atoms with Crippen LogP contribution in [0.2, 0.25) is 0 Å². The average Bonchev–Trinajstić information content (AvgIpc) is 3.14. The lowest BCUT2D eigenvalue weighted by molar-refractivity contribution is 0.282. The van der Waals surface area contributed by atoms with Gasteiger partial charge in [0.15, 0.2) is 0 Å². The molecular formula is C18H23NS. The molecule has 0 spiro atoms. The van der Waals surface area contributed by atoms with E-state index in [0.29, 0.717) is 0 Å². The highest BCUT2D eigenvalue weighted by atomic mass is 32.1. The molecule has 1 nitrogen and oxygen atoms in total. The zero-order valence-electron chi connectivity index (χ0n) is 12.4. The van der Waals surface area contributed by atoms with Gasteiger partial charge in [0.2, 0.25) is 0 Å². The van der Waals surface area contributed by atoms with Crippen molar-refractivity contribution in [3.8, 4) is 0 Å². The molecule has 0 amide bonds. The maximum Gasteiger partial charge on any atom is 0.0345 e. The summed E-state index contributed by atoms with van der Waals surface area (Å²) >= 11 is 1.88. The van der Waals surface area contributed by atoms with E-state index < -0.39 is 0 Å². The Labute approximate surface area is 125 Å². The van der Waals surface area contributed by atoms with Gasteiger partial charge in [0.1, 0.15) is 0 Å². The van der Waals surface area contributed by atoms with Gasteiger partial charge in [0.25, 0.3) is 0 Å². The highest BCUT2D eigenvalue weighted by Gasteiger charge is 2.47. The van der Waals surface area contributed by atoms with Crippen molar-refractivity contribution in [2.75, 3.05) is 13.6 Å². The van der Waals surface area contributed by atoms with Crippen LogP contribution in [0.1, 0.15) is 36.3 Å². The second kappa shape index (κ2) is 4.85. The van der Waals surface area contributed by atoms with E-state index in [1.807, 2.05) is 11.3 Å². The van der Waals surface area contributed by atoms with Crippen LogP contribution in [0.15, 0.2) is 23.6 Å². The van der Waals surface area contributed by atoms with Gasteiger partial charge in [-0.2, -0.15) is 0 Å². The summed E-state index contributed by atoms with van der Waals surface area (Å²) in [5, 5.41) is 7.22. The van der Waals surface area contributed by atoms with Crippen molar-refractivity contribution in [2.24, 2.45) is 17.8 Å². The van der Waals surface area contributed by atoms with Gasteiger partial charge >= 0.3 is 0 Å². The van der Waals surface area contributed by atoms with E-state index in [2.05, 4.69) is 42.9 Å². The summed E-state index contributed by atoms with van der Waals surface area (Å²) in [6, 6.07) is 7.26. The van der Waals surface area contributed by atoms with E-state index in [-0.39, 0.29) is 0 Å². The first kappa shape index (κ1) is 12.8. The second-order valence-electron chi connectivity index (χ2n) is 6.75. The fourth-order valence-corrected chi connectivity index (χ4v) is 5.76. The molecule has 2 bridgehead atoms. The van der Waals surface area contributed by atoms with E-state index in [1.54, 1.807) is 5.56 Å². The molecular weight excluding hydrogens is 262 g/mol. The Morgan fingerprint density at radius 2 is 2.10 bits per heavy atom. The average molecular weight is 285 g/mol. The maximum absolute atomic E-state index is 3.44. The topological polar surface area (TPSA) is 12.0 Å². The van der Waals surface area contributed by atoms with Crippen molar-refractivity contribution in [1.29, 1.82) is 0 Å². The number of fused-ring (bicyclic) bond motifs is 3. The Hall–Kier alpha value is -0.860. The van der Waals surface area contributed by atoms with Gasteiger partial charge in [-0.1, -0.05) is 6.07 Å². The Bertz CT molecular complexity index is 629. The molecule has 4 atom stereocenters. The third-order valence-electron chi connectivity index (χ3n) is 5.70. The monoisotopic (exact) mass is 285 g/mol. The Balaban J connectivity index is 1.75. The third-order valence-corrected chi connectivity index (χ3v) is 6.79. The maximum atomic E-state index is 3.44. The van der Waals surface area contributed by atoms with Crippen LogP contribution in [-0.4, -0.2) is 13.6 Å². The van der Waals surface area contributed by atoms with Crippen molar-refractivity contribution >= 4 is 21.4 Å². The Kier molecular flexibility index (Phi) is 3.12. The molecule has 106 valence electrons. The van der Waals surface area contributed by atoms with E-state index >= 15 is 0 Å². The van der Waals surface area contributed by atoms with Crippen LogP contribution in [0.4, 0.5) is 0 Å². The first-order valence-electron chi connectivity index (χ1n) is 7.90. The number of hydrogen-bond donors (Lipinski definition) is 1. The first-order chi connectivity index (χ1) is 9.78. The number of aryl methyl sites for hydroxylation is 1. The summed E-state index contributed by atoms with van der Waals surface area (Å²) in [6.07, 6.45) is 4.39. The van der Waals surface area contributed by atoms with Gasteiger partial charge in [-0.3, -0.25) is 0 Å². The van der Waals surface area contributed by atoms with Crippen LogP contribution < -0.4 is 5.32 Å². The van der Waals surface area contributed by atoms with Crippen LogP contribution in [0, 0.1) is 24.7 Å². The Morgan fingerprint density at radius 1 is 1.25 bits per heavy atom. The fraction of sp³-hybridized carbons (Fsp3) is 0.556. The van der Waals surface area contributed by atoms with Crippen molar-refractivity contribution in [2.45, 2.75) is 32.1 Å². The lowest BCUT2D eigenvalue weighted by Crippen LogP contribution is -2.29. The molecule has 2 aromatic rings. The van der Waals surface area contributed by atoms with Crippen molar-refractivity contribution in [3.05, 3.63) is 34.7 Å². The normalized spacial score (nSPS) is 32.3. The van der Waals surface area contributed by atoms with Gasteiger partial charge < -0.3 is 5.32 Å². The smallest absolute Gasteiger partial charge is 0.0345 e. The van der Waals surface area contributed by atoms with Gasteiger partial charge in [-0.15, -0.1) is 11.3 Å². The lowest BCUT2D eigenvalue weighted by atomic mass is 9.75. The minimum atomic E-state index is 0.796. The summed E-state index contributed by atoms with van der Waals surface area (Å²) in [4.78, 5) is 0. The van der Waals surface area contributed by atoms with E-state index in [4.69, 9.17) is 0 Å². The molecule has 4 unspecified atom stereocenters. The van der Waals surface area contributed by atoms with Gasteiger partial charge in [0.05, 0.1) is 0 Å². The summed E-state index contributed by atoms with van der Waals surface area (Å²) in [6.45, 7) is 3.43. The number of rotatable bonds is 3. The molecule has 2 aliphatic rings. The molecule has 2 aliphatic carbocycles. The highest BCUT2D eigenvalue weighted by molar-refractivity contribution is 7.17. The largest absolute Gasteiger partial charge is 0.319 e. The molecule has 2 fully saturated rings. The van der Waals surface area contributed by atoms with Crippen molar-refractivity contribution in [1.82, 2.24) is 5.32 Å². The molecule has 4 rings (SSSR count). The van der Waals surface area contributed by atoms with Gasteiger partial charge in [0, 0.05) is 4.70 Å². The molecule has 1 aromatic heterocycles. The quantitative estimate of drug-likeness (QED) is 0.872. The van der Waals surface area contributed by atoms with E-state index in [9.17, 15) is 0 Å². The SMILES string of the molecule is CNCC1C2CCC(C2)C1c1ccc2scc(C)c2c1. The molecule has 1 heterocycles. The van der Waals surface area contributed by atoms with Crippen LogP contribution in [0.5, 0.6) is 0 Å². The second-order valence-corrected chi connectivity index (χ2v) is 7.67. The minimum Gasteiger partial charge on any atom is -0.319 e. The molecule has 1 N–H and O–H groups in total. The van der Waals surface area contributed by atoms with Crippen molar-refractivity contribution in [3.63, 3.8) is 0 Å². The predicted octanol–water partition coefficient (Wildman–Crippen LogP) is 4.56. The predicted molar refractivity (Wildman–Crippen MR) is 87.6 cm³/mol. The fourth-order valence-electron chi connectivity index (χ4n) is 4.84. The zero-order chi connectivity index (χ0) is 13.7. The van der Waals surface area contributed by atoms with E-state index in [1.165, 1.54) is 41.5 Å². The summed E-state index contributed by atoms with van der Waals surface area (Å²) in [7, 11) is 2.11. The number of nitrogens with one attached hydrogen (secondary N) is 1. The van der Waals surface area contributed by atoms with Crippen LogP contribution in [-0.2, 0) is 0 Å². The molecule has 0 saturated heterocycles. The number of hydrogen-bond acceptors (Lipinski definition) is 2. The molecule has 2 heteroatoms. The van der Waals surface area contributed by atoms with Gasteiger partial charge in [-0.05, 0) is 97.5 Å². The summed E-state index contributed by atoms with van der Waals surface area (Å²) < 4.78 is 1.44. The van der Waals surface area contributed by atoms with Crippen LogP contribution in [0.3, 0.4) is 0 Å². The molecule has 20 heavy (non-hydrogen) atoms. The molecule has 1 aromatic carbocycles. The minimum absolute atomic E-state index is 0.796. The van der Waals surface area contributed by atoms with E-state index in [0.717, 1.165) is 23.7 Å².